The summed E-state index contributed by atoms with van der Waals surface area (Å²) in [6.45, 7) is 3.77. The Hall–Kier alpha value is -3.54. The van der Waals surface area contributed by atoms with Crippen molar-refractivity contribution in [2.45, 2.75) is 13.8 Å². The number of nitrogens with one attached hydrogen (secondary N) is 1. The minimum Gasteiger partial charge on any atom is -0.507 e. The number of H-pyrrole nitrogens is 1. The molecule has 0 saturated carbocycles. The fraction of sp³-hybridized carbons (Fsp3) is 0.100. The number of aromatic amines is 1. The first-order valence-corrected chi connectivity index (χ1v) is 8.09. The molecule has 0 unspecified atom stereocenters. The van der Waals surface area contributed by atoms with E-state index < -0.39 is 11.3 Å². The lowest BCUT2D eigenvalue weighted by Crippen LogP contribution is -1.98. The highest BCUT2D eigenvalue weighted by Gasteiger charge is 2.18. The normalized spacial score (nSPS) is 11.9. The molecule has 0 spiro atoms. The molecule has 0 atom stereocenters. The Labute approximate surface area is 145 Å². The van der Waals surface area contributed by atoms with Gasteiger partial charge in [0.05, 0.1) is 22.5 Å². The summed E-state index contributed by atoms with van der Waals surface area (Å²) in [6.07, 6.45) is 0. The van der Waals surface area contributed by atoms with Crippen LogP contribution in [0.25, 0.3) is 43.7 Å². The van der Waals surface area contributed by atoms with Crippen molar-refractivity contribution in [1.29, 1.82) is 0 Å². The van der Waals surface area contributed by atoms with Gasteiger partial charge in [0.1, 0.15) is 11.3 Å². The largest absolute Gasteiger partial charge is 0.507 e. The fourth-order valence-electron chi connectivity index (χ4n) is 3.74. The summed E-state index contributed by atoms with van der Waals surface area (Å²) >= 11 is 0. The molecule has 0 aliphatic rings. The van der Waals surface area contributed by atoms with Crippen molar-refractivity contribution in [3.8, 4) is 5.75 Å². The Morgan fingerprint density at radius 1 is 0.846 bits per heavy atom. The Balaban J connectivity index is 2.14. The van der Waals surface area contributed by atoms with Gasteiger partial charge in [0.2, 0.25) is 0 Å². The Bertz CT molecular complexity index is 1500. The molecule has 0 aliphatic carbocycles. The predicted octanol–water partition coefficient (Wildman–Crippen LogP) is 3.86. The van der Waals surface area contributed by atoms with E-state index in [9.17, 15) is 14.7 Å². The van der Waals surface area contributed by atoms with Crippen LogP contribution in [-0.2, 0) is 0 Å². The van der Waals surface area contributed by atoms with Gasteiger partial charge in [0.15, 0.2) is 5.58 Å². The molecule has 128 valence electrons. The average Bonchev–Trinajstić information content (AvgIpc) is 2.94. The minimum absolute atomic E-state index is 0.124. The SMILES string of the molecule is Cc1cc2oc(=O)cc(C)c2c2c1[nH]c1c2ccc2c(O)cc(=O)oc21. The summed E-state index contributed by atoms with van der Waals surface area (Å²) < 4.78 is 10.8. The molecule has 0 radical (unpaired) electrons. The second-order valence-corrected chi connectivity index (χ2v) is 6.51. The van der Waals surface area contributed by atoms with Gasteiger partial charge in [0, 0.05) is 22.2 Å². The maximum Gasteiger partial charge on any atom is 0.340 e. The number of rotatable bonds is 0. The predicted molar refractivity (Wildman–Crippen MR) is 99.0 cm³/mol. The lowest BCUT2D eigenvalue weighted by molar-refractivity contribution is 0.468. The van der Waals surface area contributed by atoms with Crippen LogP contribution in [0, 0.1) is 13.8 Å². The molecular formula is C20H13NO5. The van der Waals surface area contributed by atoms with Gasteiger partial charge >= 0.3 is 11.3 Å². The molecule has 5 aromatic rings. The van der Waals surface area contributed by atoms with Crippen LogP contribution >= 0.6 is 0 Å². The molecule has 2 aromatic carbocycles. The topological polar surface area (TPSA) is 96.4 Å². The standard InChI is InChI=1S/C20H13NO5/c1-8-6-14(23)25-13-5-9(2)18-17(16(8)13)11-4-3-10-12(22)7-15(24)26-20(10)19(11)21-18/h3-7,21-22H,1-2H3. The van der Waals surface area contributed by atoms with Crippen molar-refractivity contribution in [3.05, 3.63) is 62.3 Å². The Morgan fingerprint density at radius 2 is 1.58 bits per heavy atom. The minimum atomic E-state index is -0.620. The molecule has 5 rings (SSSR count). The van der Waals surface area contributed by atoms with Crippen LogP contribution in [0.5, 0.6) is 5.75 Å². The second-order valence-electron chi connectivity index (χ2n) is 6.51. The molecule has 0 aliphatic heterocycles. The molecule has 6 heteroatoms. The number of fused-ring (bicyclic) bond motifs is 7. The smallest absolute Gasteiger partial charge is 0.340 e. The Kier molecular flexibility index (Phi) is 2.70. The summed E-state index contributed by atoms with van der Waals surface area (Å²) in [6, 6.07) is 7.90. The lowest BCUT2D eigenvalue weighted by Gasteiger charge is -2.05. The van der Waals surface area contributed by atoms with E-state index in [1.165, 1.54) is 6.07 Å². The zero-order valence-corrected chi connectivity index (χ0v) is 14.0. The third-order valence-electron chi connectivity index (χ3n) is 4.84. The van der Waals surface area contributed by atoms with Crippen molar-refractivity contribution in [3.63, 3.8) is 0 Å². The summed E-state index contributed by atoms with van der Waals surface area (Å²) in [4.78, 5) is 26.8. The number of aryl methyl sites for hydroxylation is 2. The van der Waals surface area contributed by atoms with Crippen LogP contribution < -0.4 is 11.3 Å². The average molecular weight is 347 g/mol. The van der Waals surface area contributed by atoms with Gasteiger partial charge in [0.25, 0.3) is 0 Å². The van der Waals surface area contributed by atoms with E-state index in [0.717, 1.165) is 38.9 Å². The molecule has 0 saturated heterocycles. The monoisotopic (exact) mass is 347 g/mol. The van der Waals surface area contributed by atoms with E-state index in [-0.39, 0.29) is 5.75 Å². The number of benzene rings is 2. The van der Waals surface area contributed by atoms with Gasteiger partial charge in [-0.1, -0.05) is 6.07 Å². The second kappa shape index (κ2) is 4.76. The van der Waals surface area contributed by atoms with E-state index >= 15 is 0 Å². The van der Waals surface area contributed by atoms with Crippen molar-refractivity contribution in [2.24, 2.45) is 0 Å². The van der Waals surface area contributed by atoms with Crippen LogP contribution in [0.15, 0.2) is 48.8 Å². The van der Waals surface area contributed by atoms with Gasteiger partial charge in [-0.3, -0.25) is 0 Å². The molecule has 0 amide bonds. The van der Waals surface area contributed by atoms with Gasteiger partial charge in [-0.25, -0.2) is 9.59 Å². The van der Waals surface area contributed by atoms with Crippen molar-refractivity contribution in [2.75, 3.05) is 0 Å². The third-order valence-corrected chi connectivity index (χ3v) is 4.84. The molecule has 0 fully saturated rings. The quantitative estimate of drug-likeness (QED) is 0.415. The molecule has 26 heavy (non-hydrogen) atoms. The number of hydrogen-bond donors (Lipinski definition) is 2. The van der Waals surface area contributed by atoms with Crippen LogP contribution in [0.3, 0.4) is 0 Å². The van der Waals surface area contributed by atoms with Gasteiger partial charge in [-0.2, -0.15) is 0 Å². The van der Waals surface area contributed by atoms with Crippen molar-refractivity contribution < 1.29 is 13.9 Å². The molecule has 0 bridgehead atoms. The molecule has 2 N–H and O–H groups in total. The van der Waals surface area contributed by atoms with E-state index in [2.05, 4.69) is 4.98 Å². The van der Waals surface area contributed by atoms with Gasteiger partial charge < -0.3 is 18.9 Å². The van der Waals surface area contributed by atoms with Crippen LogP contribution in [-0.4, -0.2) is 10.1 Å². The fourth-order valence-corrected chi connectivity index (χ4v) is 3.74. The molecular weight excluding hydrogens is 334 g/mol. The summed E-state index contributed by atoms with van der Waals surface area (Å²) in [5.41, 5.74) is 2.98. The zero-order valence-electron chi connectivity index (χ0n) is 14.0. The maximum absolute atomic E-state index is 11.8. The molecule has 6 nitrogen and oxygen atoms in total. The van der Waals surface area contributed by atoms with E-state index in [0.29, 0.717) is 22.1 Å². The summed E-state index contributed by atoms with van der Waals surface area (Å²) in [5.74, 6) is -0.124. The van der Waals surface area contributed by atoms with E-state index in [1.807, 2.05) is 26.0 Å². The first-order chi connectivity index (χ1) is 12.4. The lowest BCUT2D eigenvalue weighted by atomic mass is 10.0. The highest BCUT2D eigenvalue weighted by atomic mass is 16.4. The first-order valence-electron chi connectivity index (χ1n) is 8.09. The van der Waals surface area contributed by atoms with Gasteiger partial charge in [-0.15, -0.1) is 0 Å². The first kappa shape index (κ1) is 14.8. The number of aromatic hydroxyl groups is 1. The zero-order chi connectivity index (χ0) is 18.2. The van der Waals surface area contributed by atoms with Crippen LogP contribution in [0.2, 0.25) is 0 Å². The Morgan fingerprint density at radius 3 is 2.38 bits per heavy atom. The van der Waals surface area contributed by atoms with Crippen LogP contribution in [0.1, 0.15) is 11.1 Å². The van der Waals surface area contributed by atoms with Crippen LogP contribution in [0.4, 0.5) is 0 Å². The summed E-state index contributed by atoms with van der Waals surface area (Å²) in [7, 11) is 0. The highest BCUT2D eigenvalue weighted by Crippen LogP contribution is 2.38. The van der Waals surface area contributed by atoms with Gasteiger partial charge in [-0.05, 0) is 37.1 Å². The summed E-state index contributed by atoms with van der Waals surface area (Å²) in [5, 5.41) is 13.1. The van der Waals surface area contributed by atoms with E-state index in [1.54, 1.807) is 6.07 Å². The number of aromatic nitrogens is 1. The number of hydrogen-bond acceptors (Lipinski definition) is 5. The van der Waals surface area contributed by atoms with Crippen molar-refractivity contribution >= 4 is 43.7 Å². The third kappa shape index (κ3) is 1.81. The molecule has 3 heterocycles. The van der Waals surface area contributed by atoms with Crippen molar-refractivity contribution in [1.82, 2.24) is 4.98 Å². The maximum atomic E-state index is 11.8. The molecule has 3 aromatic heterocycles. The highest BCUT2D eigenvalue weighted by molar-refractivity contribution is 6.24. The van der Waals surface area contributed by atoms with E-state index in [4.69, 9.17) is 8.83 Å².